The third kappa shape index (κ3) is 1.91. The summed E-state index contributed by atoms with van der Waals surface area (Å²) >= 11 is 0. The Bertz CT molecular complexity index is 301. The van der Waals surface area contributed by atoms with Gasteiger partial charge in [-0.2, -0.15) is 0 Å². The summed E-state index contributed by atoms with van der Waals surface area (Å²) in [5, 5.41) is 3.04. The number of hydrogen-bond donors (Lipinski definition) is 1. The molecule has 0 aromatic heterocycles. The zero-order chi connectivity index (χ0) is 10.7. The Morgan fingerprint density at radius 1 is 1.47 bits per heavy atom. The van der Waals surface area contributed by atoms with E-state index in [0.717, 1.165) is 31.4 Å². The van der Waals surface area contributed by atoms with Crippen molar-refractivity contribution in [2.45, 2.75) is 37.6 Å². The normalized spacial score (nSPS) is 23.5. The molecule has 1 spiro atoms. The minimum absolute atomic E-state index is 0.0176. The lowest BCUT2D eigenvalue weighted by atomic mass is 9.81. The van der Waals surface area contributed by atoms with Gasteiger partial charge >= 0.3 is 0 Å². The molecule has 1 saturated carbocycles. The van der Waals surface area contributed by atoms with Gasteiger partial charge in [-0.3, -0.25) is 4.79 Å². The summed E-state index contributed by atoms with van der Waals surface area (Å²) in [5.41, 5.74) is -0.196. The predicted molar refractivity (Wildman–Crippen MR) is 58.2 cm³/mol. The first-order chi connectivity index (χ1) is 7.27. The Hall–Kier alpha value is -1.25. The van der Waals surface area contributed by atoms with Crippen molar-refractivity contribution < 1.29 is 9.53 Å². The van der Waals surface area contributed by atoms with Crippen molar-refractivity contribution in [1.82, 2.24) is 5.32 Å². The van der Waals surface area contributed by atoms with Crippen molar-refractivity contribution in [1.29, 1.82) is 0 Å². The minimum Gasteiger partial charge on any atom is -0.491 e. The van der Waals surface area contributed by atoms with Crippen molar-refractivity contribution in [2.24, 2.45) is 0 Å². The van der Waals surface area contributed by atoms with E-state index in [9.17, 15) is 4.79 Å². The maximum atomic E-state index is 11.4. The molecule has 3 nitrogen and oxygen atoms in total. The van der Waals surface area contributed by atoms with E-state index < -0.39 is 0 Å². The molecule has 1 aliphatic heterocycles. The monoisotopic (exact) mass is 207 g/mol. The molecule has 0 aromatic rings. The van der Waals surface area contributed by atoms with Crippen LogP contribution in [0.3, 0.4) is 0 Å². The highest BCUT2D eigenvalue weighted by atomic mass is 16.5. The number of nitrogens with one attached hydrogen (secondary N) is 1. The maximum Gasteiger partial charge on any atom is 0.248 e. The Balaban J connectivity index is 2.12. The van der Waals surface area contributed by atoms with E-state index in [1.807, 2.05) is 0 Å². The summed E-state index contributed by atoms with van der Waals surface area (Å²) in [7, 11) is 0. The van der Waals surface area contributed by atoms with Crippen molar-refractivity contribution in [2.75, 3.05) is 6.61 Å². The summed E-state index contributed by atoms with van der Waals surface area (Å²) in [5.74, 6) is 0.795. The van der Waals surface area contributed by atoms with E-state index in [1.165, 1.54) is 6.42 Å². The standard InChI is InChI=1S/C12H17NO2/c1-2-8-15-10-9-11(14)13-12(10)6-4-3-5-7-12/h2,9H,1,3-8H2,(H,13,14). The van der Waals surface area contributed by atoms with Crippen LogP contribution in [0.5, 0.6) is 0 Å². The lowest BCUT2D eigenvalue weighted by Gasteiger charge is -2.35. The first-order valence-corrected chi connectivity index (χ1v) is 5.55. The summed E-state index contributed by atoms with van der Waals surface area (Å²) in [6.07, 6.45) is 8.88. The van der Waals surface area contributed by atoms with Crippen LogP contribution in [-0.4, -0.2) is 18.1 Å². The van der Waals surface area contributed by atoms with Gasteiger partial charge in [0.15, 0.2) is 0 Å². The van der Waals surface area contributed by atoms with Crippen LogP contribution in [0.25, 0.3) is 0 Å². The van der Waals surface area contributed by atoms with Gasteiger partial charge < -0.3 is 10.1 Å². The second-order valence-electron chi connectivity index (χ2n) is 4.24. The largest absolute Gasteiger partial charge is 0.491 e. The molecular weight excluding hydrogens is 190 g/mol. The average Bonchev–Trinajstić information content (AvgIpc) is 2.53. The Morgan fingerprint density at radius 3 is 2.87 bits per heavy atom. The zero-order valence-corrected chi connectivity index (χ0v) is 8.92. The molecule has 0 atom stereocenters. The quantitative estimate of drug-likeness (QED) is 0.718. The third-order valence-corrected chi connectivity index (χ3v) is 3.16. The molecule has 1 amide bonds. The van der Waals surface area contributed by atoms with Crippen molar-refractivity contribution in [3.05, 3.63) is 24.5 Å². The lowest BCUT2D eigenvalue weighted by Crippen LogP contribution is -2.46. The van der Waals surface area contributed by atoms with E-state index in [1.54, 1.807) is 12.2 Å². The van der Waals surface area contributed by atoms with Gasteiger partial charge in [0.2, 0.25) is 5.91 Å². The number of amides is 1. The SMILES string of the molecule is C=CCOC1=CC(=O)NC12CCCCC2. The van der Waals surface area contributed by atoms with Gasteiger partial charge in [0.1, 0.15) is 12.4 Å². The smallest absolute Gasteiger partial charge is 0.248 e. The molecule has 0 radical (unpaired) electrons. The van der Waals surface area contributed by atoms with Gasteiger partial charge in [0.05, 0.1) is 5.54 Å². The van der Waals surface area contributed by atoms with E-state index in [2.05, 4.69) is 11.9 Å². The molecule has 0 aromatic carbocycles. The molecule has 82 valence electrons. The fraction of sp³-hybridized carbons (Fsp3) is 0.583. The molecule has 0 bridgehead atoms. The van der Waals surface area contributed by atoms with Crippen molar-refractivity contribution in [3.8, 4) is 0 Å². The van der Waals surface area contributed by atoms with Gasteiger partial charge in [-0.05, 0) is 12.8 Å². The van der Waals surface area contributed by atoms with E-state index in [-0.39, 0.29) is 11.4 Å². The molecule has 1 aliphatic carbocycles. The molecule has 1 fully saturated rings. The van der Waals surface area contributed by atoms with E-state index in [4.69, 9.17) is 4.74 Å². The summed E-state index contributed by atoms with van der Waals surface area (Å²) in [6, 6.07) is 0. The van der Waals surface area contributed by atoms with Crippen LogP contribution >= 0.6 is 0 Å². The molecule has 1 N–H and O–H groups in total. The average molecular weight is 207 g/mol. The number of carbonyl (C=O) groups is 1. The topological polar surface area (TPSA) is 38.3 Å². The first-order valence-electron chi connectivity index (χ1n) is 5.55. The van der Waals surface area contributed by atoms with Crippen LogP contribution in [0.2, 0.25) is 0 Å². The highest BCUT2D eigenvalue weighted by Gasteiger charge is 2.42. The Labute approximate surface area is 90.2 Å². The Morgan fingerprint density at radius 2 is 2.20 bits per heavy atom. The summed E-state index contributed by atoms with van der Waals surface area (Å²) in [6.45, 7) is 4.09. The predicted octanol–water partition coefficient (Wildman–Crippen LogP) is 1.91. The molecule has 2 rings (SSSR count). The third-order valence-electron chi connectivity index (χ3n) is 3.16. The second kappa shape index (κ2) is 4.09. The van der Waals surface area contributed by atoms with Gasteiger partial charge in [-0.1, -0.05) is 31.9 Å². The van der Waals surface area contributed by atoms with Gasteiger partial charge in [-0.15, -0.1) is 0 Å². The van der Waals surface area contributed by atoms with Crippen LogP contribution in [0.1, 0.15) is 32.1 Å². The number of carbonyl (C=O) groups excluding carboxylic acids is 1. The highest BCUT2D eigenvalue weighted by Crippen LogP contribution is 2.37. The van der Waals surface area contributed by atoms with Gasteiger partial charge in [-0.25, -0.2) is 0 Å². The van der Waals surface area contributed by atoms with Crippen LogP contribution in [0.4, 0.5) is 0 Å². The molecule has 15 heavy (non-hydrogen) atoms. The first kappa shape index (κ1) is 10.3. The van der Waals surface area contributed by atoms with Crippen LogP contribution in [0, 0.1) is 0 Å². The summed E-state index contributed by atoms with van der Waals surface area (Å²) < 4.78 is 5.58. The molecule has 0 saturated heterocycles. The molecule has 2 aliphatic rings. The van der Waals surface area contributed by atoms with E-state index in [0.29, 0.717) is 6.61 Å². The molecule has 0 unspecified atom stereocenters. The fourth-order valence-electron chi connectivity index (χ4n) is 2.45. The van der Waals surface area contributed by atoms with Gasteiger partial charge in [0, 0.05) is 6.08 Å². The zero-order valence-electron chi connectivity index (χ0n) is 8.92. The molecule has 3 heteroatoms. The lowest BCUT2D eigenvalue weighted by molar-refractivity contribution is -0.117. The fourth-order valence-corrected chi connectivity index (χ4v) is 2.45. The van der Waals surface area contributed by atoms with E-state index >= 15 is 0 Å². The minimum atomic E-state index is -0.196. The van der Waals surface area contributed by atoms with Crippen LogP contribution in [0.15, 0.2) is 24.5 Å². The molecular formula is C12H17NO2. The van der Waals surface area contributed by atoms with Crippen molar-refractivity contribution >= 4 is 5.91 Å². The summed E-state index contributed by atoms with van der Waals surface area (Å²) in [4.78, 5) is 11.4. The second-order valence-corrected chi connectivity index (χ2v) is 4.24. The van der Waals surface area contributed by atoms with Crippen LogP contribution in [-0.2, 0) is 9.53 Å². The maximum absolute atomic E-state index is 11.4. The molecule has 1 heterocycles. The number of rotatable bonds is 3. The van der Waals surface area contributed by atoms with Gasteiger partial charge in [0.25, 0.3) is 0 Å². The highest BCUT2D eigenvalue weighted by molar-refractivity contribution is 5.92. The number of ether oxygens (including phenoxy) is 1. The number of hydrogen-bond acceptors (Lipinski definition) is 2. The van der Waals surface area contributed by atoms with Crippen LogP contribution < -0.4 is 5.32 Å². The van der Waals surface area contributed by atoms with Crippen molar-refractivity contribution in [3.63, 3.8) is 0 Å². The Kier molecular flexibility index (Phi) is 2.80.